The lowest BCUT2D eigenvalue weighted by molar-refractivity contribution is 0.0947. The topological polar surface area (TPSA) is 53.8 Å². The van der Waals surface area contributed by atoms with Crippen molar-refractivity contribution in [3.05, 3.63) is 16.6 Å². The monoisotopic (exact) mass is 194 g/mol. The first-order valence-electron chi connectivity index (χ1n) is 4.12. The van der Waals surface area contributed by atoms with Crippen molar-refractivity contribution in [3.8, 4) is 6.07 Å². The van der Waals surface area contributed by atoms with Crippen LogP contribution in [0.2, 0.25) is 0 Å². The second-order valence-corrected chi connectivity index (χ2v) is 3.59. The SMILES string of the molecule is CCCC(C#N)C(=O)c1cncs1. The van der Waals surface area contributed by atoms with Gasteiger partial charge in [0, 0.05) is 6.20 Å². The predicted molar refractivity (Wildman–Crippen MR) is 50.5 cm³/mol. The van der Waals surface area contributed by atoms with Crippen LogP contribution in [0.1, 0.15) is 29.4 Å². The molecule has 3 nitrogen and oxygen atoms in total. The van der Waals surface area contributed by atoms with E-state index in [2.05, 4.69) is 4.98 Å². The second kappa shape index (κ2) is 4.73. The molecular formula is C9H10N2OS. The van der Waals surface area contributed by atoms with Gasteiger partial charge in [-0.05, 0) is 6.42 Å². The summed E-state index contributed by atoms with van der Waals surface area (Å²) in [6, 6.07) is 2.02. The molecular weight excluding hydrogens is 184 g/mol. The number of nitriles is 1. The zero-order chi connectivity index (χ0) is 9.68. The van der Waals surface area contributed by atoms with Crippen LogP contribution in [-0.4, -0.2) is 10.8 Å². The highest BCUT2D eigenvalue weighted by atomic mass is 32.1. The van der Waals surface area contributed by atoms with Crippen molar-refractivity contribution < 1.29 is 4.79 Å². The number of hydrogen-bond donors (Lipinski definition) is 0. The fraction of sp³-hybridized carbons (Fsp3) is 0.444. The van der Waals surface area contributed by atoms with Gasteiger partial charge in [0.25, 0.3) is 0 Å². The normalized spacial score (nSPS) is 12.0. The van der Waals surface area contributed by atoms with Crippen molar-refractivity contribution in [2.45, 2.75) is 19.8 Å². The summed E-state index contributed by atoms with van der Waals surface area (Å²) in [4.78, 5) is 16.0. The Morgan fingerprint density at radius 2 is 2.62 bits per heavy atom. The van der Waals surface area contributed by atoms with Gasteiger partial charge in [-0.2, -0.15) is 5.26 Å². The van der Waals surface area contributed by atoms with E-state index in [1.165, 1.54) is 17.5 Å². The lowest BCUT2D eigenvalue weighted by Crippen LogP contribution is -2.11. The van der Waals surface area contributed by atoms with Gasteiger partial charge in [0.2, 0.25) is 0 Å². The van der Waals surface area contributed by atoms with E-state index in [-0.39, 0.29) is 5.78 Å². The predicted octanol–water partition coefficient (Wildman–Crippen LogP) is 2.27. The highest BCUT2D eigenvalue weighted by Gasteiger charge is 2.19. The Bertz CT molecular complexity index is 313. The van der Waals surface area contributed by atoms with Gasteiger partial charge in [-0.1, -0.05) is 13.3 Å². The molecule has 1 unspecified atom stereocenters. The molecule has 0 radical (unpaired) electrons. The van der Waals surface area contributed by atoms with Crippen molar-refractivity contribution in [1.82, 2.24) is 4.98 Å². The van der Waals surface area contributed by atoms with Crippen LogP contribution in [-0.2, 0) is 0 Å². The van der Waals surface area contributed by atoms with Gasteiger partial charge in [0.1, 0.15) is 5.92 Å². The molecule has 4 heteroatoms. The molecule has 0 N–H and O–H groups in total. The molecule has 1 rings (SSSR count). The summed E-state index contributed by atoms with van der Waals surface area (Å²) in [6.45, 7) is 1.96. The fourth-order valence-corrected chi connectivity index (χ4v) is 1.67. The maximum absolute atomic E-state index is 11.6. The van der Waals surface area contributed by atoms with Gasteiger partial charge in [-0.15, -0.1) is 11.3 Å². The average Bonchev–Trinajstić information content (AvgIpc) is 2.65. The first kappa shape index (κ1) is 9.87. The number of carbonyl (C=O) groups is 1. The average molecular weight is 194 g/mol. The minimum atomic E-state index is -0.495. The van der Waals surface area contributed by atoms with E-state index in [0.717, 1.165) is 6.42 Å². The molecule has 1 aromatic rings. The maximum Gasteiger partial charge on any atom is 0.191 e. The number of rotatable bonds is 4. The second-order valence-electron chi connectivity index (χ2n) is 2.70. The van der Waals surface area contributed by atoms with Gasteiger partial charge in [0.15, 0.2) is 5.78 Å². The van der Waals surface area contributed by atoms with Gasteiger partial charge in [0.05, 0.1) is 16.5 Å². The van der Waals surface area contributed by atoms with Crippen LogP contribution in [0.3, 0.4) is 0 Å². The molecule has 0 aliphatic carbocycles. The van der Waals surface area contributed by atoms with Gasteiger partial charge < -0.3 is 0 Å². The summed E-state index contributed by atoms with van der Waals surface area (Å²) in [5.41, 5.74) is 1.60. The smallest absolute Gasteiger partial charge is 0.191 e. The summed E-state index contributed by atoms with van der Waals surface area (Å²) >= 11 is 1.29. The van der Waals surface area contributed by atoms with Gasteiger partial charge >= 0.3 is 0 Å². The highest BCUT2D eigenvalue weighted by Crippen LogP contribution is 2.16. The minimum absolute atomic E-state index is 0.0909. The summed E-state index contributed by atoms with van der Waals surface area (Å²) in [5.74, 6) is -0.586. The molecule has 0 fully saturated rings. The van der Waals surface area contributed by atoms with Gasteiger partial charge in [-0.25, -0.2) is 0 Å². The summed E-state index contributed by atoms with van der Waals surface area (Å²) < 4.78 is 0. The van der Waals surface area contributed by atoms with E-state index in [0.29, 0.717) is 11.3 Å². The molecule has 68 valence electrons. The van der Waals surface area contributed by atoms with Crippen LogP contribution in [0.4, 0.5) is 0 Å². The number of nitrogens with zero attached hydrogens (tertiary/aromatic N) is 2. The van der Waals surface area contributed by atoms with Crippen molar-refractivity contribution in [2.75, 3.05) is 0 Å². The van der Waals surface area contributed by atoms with E-state index in [4.69, 9.17) is 5.26 Å². The summed E-state index contributed by atoms with van der Waals surface area (Å²) in [5, 5.41) is 8.74. The quantitative estimate of drug-likeness (QED) is 0.691. The Labute approximate surface area is 81.0 Å². The highest BCUT2D eigenvalue weighted by molar-refractivity contribution is 7.11. The minimum Gasteiger partial charge on any atom is -0.292 e. The lowest BCUT2D eigenvalue weighted by atomic mass is 10.00. The lowest BCUT2D eigenvalue weighted by Gasteiger charge is -2.02. The molecule has 0 saturated heterocycles. The standard InChI is InChI=1S/C9H10N2OS/c1-2-3-7(4-10)9(12)8-5-11-6-13-8/h5-7H,2-3H2,1H3. The van der Waals surface area contributed by atoms with Crippen LogP contribution in [0, 0.1) is 17.2 Å². The zero-order valence-electron chi connectivity index (χ0n) is 7.36. The Balaban J connectivity index is 2.72. The molecule has 13 heavy (non-hydrogen) atoms. The summed E-state index contributed by atoms with van der Waals surface area (Å²) in [7, 11) is 0. The van der Waals surface area contributed by atoms with Crippen LogP contribution < -0.4 is 0 Å². The molecule has 0 aliphatic rings. The van der Waals surface area contributed by atoms with E-state index in [9.17, 15) is 4.79 Å². The van der Waals surface area contributed by atoms with Gasteiger partial charge in [-0.3, -0.25) is 9.78 Å². The molecule has 0 saturated carbocycles. The molecule has 0 amide bonds. The van der Waals surface area contributed by atoms with Crippen molar-refractivity contribution in [3.63, 3.8) is 0 Å². The Morgan fingerprint density at radius 3 is 3.08 bits per heavy atom. The number of aromatic nitrogens is 1. The van der Waals surface area contributed by atoms with Crippen molar-refractivity contribution >= 4 is 17.1 Å². The third-order valence-corrected chi connectivity index (χ3v) is 2.51. The number of thiazole rings is 1. The van der Waals surface area contributed by atoms with E-state index in [1.54, 1.807) is 5.51 Å². The molecule has 1 atom stereocenters. The largest absolute Gasteiger partial charge is 0.292 e. The third kappa shape index (κ3) is 2.36. The number of Topliss-reactive ketones (excluding diaryl/α,β-unsaturated/α-hetero) is 1. The number of hydrogen-bond acceptors (Lipinski definition) is 4. The van der Waals surface area contributed by atoms with E-state index in [1.807, 2.05) is 13.0 Å². The number of carbonyl (C=O) groups excluding carboxylic acids is 1. The zero-order valence-corrected chi connectivity index (χ0v) is 8.17. The first-order chi connectivity index (χ1) is 6.29. The molecule has 0 aliphatic heterocycles. The van der Waals surface area contributed by atoms with E-state index >= 15 is 0 Å². The molecule has 0 bridgehead atoms. The number of ketones is 1. The molecule has 1 heterocycles. The van der Waals surface area contributed by atoms with Crippen LogP contribution in [0.25, 0.3) is 0 Å². The van der Waals surface area contributed by atoms with Crippen LogP contribution in [0.15, 0.2) is 11.7 Å². The first-order valence-corrected chi connectivity index (χ1v) is 4.99. The van der Waals surface area contributed by atoms with Crippen LogP contribution in [0.5, 0.6) is 0 Å². The van der Waals surface area contributed by atoms with E-state index < -0.39 is 5.92 Å². The molecule has 0 spiro atoms. The Morgan fingerprint density at radius 1 is 1.85 bits per heavy atom. The molecule has 0 aromatic carbocycles. The Hall–Kier alpha value is -1.21. The maximum atomic E-state index is 11.6. The van der Waals surface area contributed by atoms with Crippen molar-refractivity contribution in [1.29, 1.82) is 5.26 Å². The molecule has 1 aromatic heterocycles. The summed E-state index contributed by atoms with van der Waals surface area (Å²) in [6.07, 6.45) is 3.00. The third-order valence-electron chi connectivity index (χ3n) is 1.72. The van der Waals surface area contributed by atoms with Crippen LogP contribution >= 0.6 is 11.3 Å². The fourth-order valence-electron chi connectivity index (χ4n) is 1.05. The van der Waals surface area contributed by atoms with Crippen molar-refractivity contribution in [2.24, 2.45) is 5.92 Å². The Kier molecular flexibility index (Phi) is 3.59.